The lowest BCUT2D eigenvalue weighted by molar-refractivity contribution is 0.0767. The SMILES string of the molecule is COc1ccc(N2CCCN(C(=O)c3ccc(I)cc3)CC2)cc1. The first-order chi connectivity index (χ1) is 11.7. The molecule has 24 heavy (non-hydrogen) atoms. The maximum atomic E-state index is 12.7. The first-order valence-electron chi connectivity index (χ1n) is 8.11. The third-order valence-electron chi connectivity index (χ3n) is 4.31. The number of benzene rings is 2. The van der Waals surface area contributed by atoms with Crippen molar-refractivity contribution >= 4 is 34.2 Å². The molecule has 5 heteroatoms. The molecule has 0 N–H and O–H groups in total. The summed E-state index contributed by atoms with van der Waals surface area (Å²) in [5.41, 5.74) is 1.95. The summed E-state index contributed by atoms with van der Waals surface area (Å²) in [4.78, 5) is 17.0. The molecular weight excluding hydrogens is 415 g/mol. The molecule has 0 unspecified atom stereocenters. The maximum absolute atomic E-state index is 12.7. The molecule has 0 bridgehead atoms. The van der Waals surface area contributed by atoms with Crippen LogP contribution in [0, 0.1) is 3.57 Å². The molecule has 0 aliphatic carbocycles. The van der Waals surface area contributed by atoms with Crippen molar-refractivity contribution in [1.82, 2.24) is 4.90 Å². The Bertz CT molecular complexity index is 686. The summed E-state index contributed by atoms with van der Waals surface area (Å²) in [7, 11) is 1.68. The minimum atomic E-state index is 0.128. The zero-order chi connectivity index (χ0) is 16.9. The van der Waals surface area contributed by atoms with Crippen LogP contribution in [0.2, 0.25) is 0 Å². The van der Waals surface area contributed by atoms with E-state index in [0.717, 1.165) is 47.5 Å². The van der Waals surface area contributed by atoms with Crippen molar-refractivity contribution < 1.29 is 9.53 Å². The Kier molecular flexibility index (Phi) is 5.60. The van der Waals surface area contributed by atoms with Gasteiger partial charge in [-0.05, 0) is 77.5 Å². The fourth-order valence-electron chi connectivity index (χ4n) is 2.95. The van der Waals surface area contributed by atoms with Crippen LogP contribution in [0.1, 0.15) is 16.8 Å². The molecule has 1 aliphatic rings. The van der Waals surface area contributed by atoms with Crippen LogP contribution in [0.25, 0.3) is 0 Å². The zero-order valence-electron chi connectivity index (χ0n) is 13.7. The van der Waals surface area contributed by atoms with Crippen molar-refractivity contribution in [3.8, 4) is 5.75 Å². The standard InChI is InChI=1S/C19H21IN2O2/c1-24-18-9-7-17(8-10-18)21-11-2-12-22(14-13-21)19(23)15-3-5-16(20)6-4-15/h3-10H,2,11-14H2,1H3. The minimum Gasteiger partial charge on any atom is -0.497 e. The van der Waals surface area contributed by atoms with Gasteiger partial charge < -0.3 is 14.5 Å². The summed E-state index contributed by atoms with van der Waals surface area (Å²) in [6, 6.07) is 15.9. The number of carbonyl (C=O) groups is 1. The number of carbonyl (C=O) groups excluding carboxylic acids is 1. The van der Waals surface area contributed by atoms with Crippen LogP contribution in [-0.2, 0) is 0 Å². The fraction of sp³-hybridized carbons (Fsp3) is 0.316. The van der Waals surface area contributed by atoms with E-state index in [1.54, 1.807) is 7.11 Å². The molecule has 1 aliphatic heterocycles. The molecule has 1 fully saturated rings. The van der Waals surface area contributed by atoms with Gasteiger partial charge in [-0.2, -0.15) is 0 Å². The fourth-order valence-corrected chi connectivity index (χ4v) is 3.31. The molecule has 126 valence electrons. The van der Waals surface area contributed by atoms with Gasteiger partial charge >= 0.3 is 0 Å². The number of methoxy groups -OCH3 is 1. The average molecular weight is 436 g/mol. The molecule has 1 saturated heterocycles. The minimum absolute atomic E-state index is 0.128. The third-order valence-corrected chi connectivity index (χ3v) is 5.03. The van der Waals surface area contributed by atoms with Gasteiger partial charge in [0.25, 0.3) is 5.91 Å². The second-order valence-corrected chi connectivity index (χ2v) is 7.08. The highest BCUT2D eigenvalue weighted by Crippen LogP contribution is 2.21. The zero-order valence-corrected chi connectivity index (χ0v) is 15.9. The average Bonchev–Trinajstić information content (AvgIpc) is 2.88. The van der Waals surface area contributed by atoms with Crippen molar-refractivity contribution in [3.63, 3.8) is 0 Å². The topological polar surface area (TPSA) is 32.8 Å². The lowest BCUT2D eigenvalue weighted by Crippen LogP contribution is -2.35. The summed E-state index contributed by atoms with van der Waals surface area (Å²) in [5, 5.41) is 0. The predicted octanol–water partition coefficient (Wildman–Crippen LogP) is 3.65. The maximum Gasteiger partial charge on any atom is 0.253 e. The Morgan fingerprint density at radius 1 is 0.958 bits per heavy atom. The van der Waals surface area contributed by atoms with Crippen molar-refractivity contribution in [2.45, 2.75) is 6.42 Å². The quantitative estimate of drug-likeness (QED) is 0.689. The molecule has 2 aromatic rings. The Labute approximate surface area is 156 Å². The van der Waals surface area contributed by atoms with E-state index in [1.807, 2.05) is 41.3 Å². The van der Waals surface area contributed by atoms with Crippen LogP contribution >= 0.6 is 22.6 Å². The van der Waals surface area contributed by atoms with Crippen molar-refractivity contribution in [2.75, 3.05) is 38.2 Å². The first kappa shape index (κ1) is 17.1. The highest BCUT2D eigenvalue weighted by Gasteiger charge is 2.20. The summed E-state index contributed by atoms with van der Waals surface area (Å²) in [6.45, 7) is 3.36. The Hall–Kier alpha value is -1.76. The lowest BCUT2D eigenvalue weighted by Gasteiger charge is -2.24. The van der Waals surface area contributed by atoms with E-state index in [4.69, 9.17) is 4.74 Å². The Morgan fingerprint density at radius 2 is 1.67 bits per heavy atom. The third kappa shape index (κ3) is 4.01. The van der Waals surface area contributed by atoms with E-state index in [2.05, 4.69) is 39.6 Å². The van der Waals surface area contributed by atoms with Crippen LogP contribution < -0.4 is 9.64 Å². The van der Waals surface area contributed by atoms with Crippen LogP contribution in [0.15, 0.2) is 48.5 Å². The van der Waals surface area contributed by atoms with Crippen LogP contribution in [-0.4, -0.2) is 44.1 Å². The van der Waals surface area contributed by atoms with E-state index in [-0.39, 0.29) is 5.91 Å². The Balaban J connectivity index is 1.65. The Morgan fingerprint density at radius 3 is 2.33 bits per heavy atom. The number of hydrogen-bond donors (Lipinski definition) is 0. The van der Waals surface area contributed by atoms with E-state index in [1.165, 1.54) is 5.69 Å². The molecule has 2 aromatic carbocycles. The molecule has 0 aromatic heterocycles. The number of ether oxygens (including phenoxy) is 1. The van der Waals surface area contributed by atoms with E-state index in [9.17, 15) is 4.79 Å². The lowest BCUT2D eigenvalue weighted by atomic mass is 10.2. The van der Waals surface area contributed by atoms with E-state index >= 15 is 0 Å². The highest BCUT2D eigenvalue weighted by molar-refractivity contribution is 14.1. The molecular formula is C19H21IN2O2. The highest BCUT2D eigenvalue weighted by atomic mass is 127. The summed E-state index contributed by atoms with van der Waals surface area (Å²) in [6.07, 6.45) is 0.974. The molecule has 1 heterocycles. The van der Waals surface area contributed by atoms with E-state index in [0.29, 0.717) is 0 Å². The van der Waals surface area contributed by atoms with Gasteiger partial charge in [-0.25, -0.2) is 0 Å². The number of amides is 1. The van der Waals surface area contributed by atoms with Crippen molar-refractivity contribution in [2.24, 2.45) is 0 Å². The van der Waals surface area contributed by atoms with Gasteiger partial charge in [0.2, 0.25) is 0 Å². The summed E-state index contributed by atoms with van der Waals surface area (Å²) >= 11 is 2.25. The monoisotopic (exact) mass is 436 g/mol. The second-order valence-electron chi connectivity index (χ2n) is 5.84. The molecule has 0 radical (unpaired) electrons. The molecule has 0 spiro atoms. The number of rotatable bonds is 3. The van der Waals surface area contributed by atoms with Gasteiger partial charge in [-0.15, -0.1) is 0 Å². The number of hydrogen-bond acceptors (Lipinski definition) is 3. The van der Waals surface area contributed by atoms with Crippen molar-refractivity contribution in [3.05, 3.63) is 57.7 Å². The molecule has 3 rings (SSSR count). The molecule has 0 atom stereocenters. The summed E-state index contributed by atoms with van der Waals surface area (Å²) in [5.74, 6) is 0.993. The number of nitrogens with zero attached hydrogens (tertiary/aromatic N) is 2. The first-order valence-corrected chi connectivity index (χ1v) is 9.19. The number of halogens is 1. The largest absolute Gasteiger partial charge is 0.497 e. The van der Waals surface area contributed by atoms with Gasteiger partial charge in [0.15, 0.2) is 0 Å². The summed E-state index contributed by atoms with van der Waals surface area (Å²) < 4.78 is 6.36. The molecule has 4 nitrogen and oxygen atoms in total. The van der Waals surface area contributed by atoms with Gasteiger partial charge in [0, 0.05) is 41.0 Å². The normalized spacial score (nSPS) is 15.1. The van der Waals surface area contributed by atoms with Gasteiger partial charge in [-0.3, -0.25) is 4.79 Å². The molecule has 0 saturated carbocycles. The predicted molar refractivity (Wildman–Crippen MR) is 105 cm³/mol. The van der Waals surface area contributed by atoms with Crippen LogP contribution in [0.5, 0.6) is 5.75 Å². The molecule has 1 amide bonds. The number of anilines is 1. The van der Waals surface area contributed by atoms with Gasteiger partial charge in [0.1, 0.15) is 5.75 Å². The van der Waals surface area contributed by atoms with Crippen molar-refractivity contribution in [1.29, 1.82) is 0 Å². The van der Waals surface area contributed by atoms with Gasteiger partial charge in [-0.1, -0.05) is 0 Å². The van der Waals surface area contributed by atoms with Gasteiger partial charge in [0.05, 0.1) is 7.11 Å². The van der Waals surface area contributed by atoms with E-state index < -0.39 is 0 Å². The second kappa shape index (κ2) is 7.88. The smallest absolute Gasteiger partial charge is 0.253 e. The van der Waals surface area contributed by atoms with Crippen LogP contribution in [0.4, 0.5) is 5.69 Å². The van der Waals surface area contributed by atoms with Crippen LogP contribution in [0.3, 0.4) is 0 Å².